The zero-order chi connectivity index (χ0) is 26.9. The van der Waals surface area contributed by atoms with Crippen LogP contribution in [0.3, 0.4) is 0 Å². The first-order valence-corrected chi connectivity index (χ1v) is 14.8. The van der Waals surface area contributed by atoms with Gasteiger partial charge in [0.15, 0.2) is 0 Å². The van der Waals surface area contributed by atoms with Crippen LogP contribution < -0.4 is 5.43 Å². The van der Waals surface area contributed by atoms with E-state index in [-0.39, 0.29) is 11.4 Å². The summed E-state index contributed by atoms with van der Waals surface area (Å²) in [5, 5.41) is 5.71. The topological polar surface area (TPSA) is 83.8 Å². The van der Waals surface area contributed by atoms with Gasteiger partial charge in [0.1, 0.15) is 6.04 Å². The minimum absolute atomic E-state index is 0.110. The number of fused-ring (bicyclic) bond motifs is 1. The van der Waals surface area contributed by atoms with E-state index in [1.165, 1.54) is 28.6 Å². The lowest BCUT2D eigenvalue weighted by atomic mass is 10.1. The van der Waals surface area contributed by atoms with E-state index in [4.69, 9.17) is 11.6 Å². The number of nitrogens with one attached hydrogen (secondary N) is 1. The lowest BCUT2D eigenvalue weighted by Crippen LogP contribution is -2.44. The van der Waals surface area contributed by atoms with Crippen molar-refractivity contribution in [2.24, 2.45) is 5.10 Å². The van der Waals surface area contributed by atoms with Gasteiger partial charge in [-0.3, -0.25) is 4.79 Å². The van der Waals surface area contributed by atoms with Gasteiger partial charge >= 0.3 is 0 Å². The molecule has 1 amide bonds. The summed E-state index contributed by atoms with van der Waals surface area (Å²) in [6.07, 6.45) is 2.66. The highest BCUT2D eigenvalue weighted by molar-refractivity contribution is 9.10. The predicted molar refractivity (Wildman–Crippen MR) is 154 cm³/mol. The maximum Gasteiger partial charge on any atom is 0.258 e. The molecule has 0 unspecified atom stereocenters. The van der Waals surface area contributed by atoms with Crippen molar-refractivity contribution in [2.75, 3.05) is 6.54 Å². The molecule has 0 radical (unpaired) electrons. The number of aromatic nitrogens is 1. The van der Waals surface area contributed by atoms with E-state index in [1.807, 2.05) is 37.3 Å². The lowest BCUT2D eigenvalue weighted by molar-refractivity contribution is -0.124. The fourth-order valence-electron chi connectivity index (χ4n) is 4.86. The van der Waals surface area contributed by atoms with Gasteiger partial charge < -0.3 is 4.57 Å². The van der Waals surface area contributed by atoms with Crippen LogP contribution in [0.2, 0.25) is 5.02 Å². The van der Waals surface area contributed by atoms with Crippen LogP contribution in [0, 0.1) is 6.92 Å². The van der Waals surface area contributed by atoms with E-state index in [2.05, 4.69) is 49.2 Å². The van der Waals surface area contributed by atoms with Gasteiger partial charge in [-0.2, -0.15) is 9.41 Å². The number of carbonyl (C=O) groups is 1. The molecule has 0 spiro atoms. The molecule has 1 N–H and O–H groups in total. The molecule has 1 aliphatic heterocycles. The Hall–Kier alpha value is -2.98. The first-order valence-electron chi connectivity index (χ1n) is 12.2. The number of hydrazone groups is 1. The van der Waals surface area contributed by atoms with Gasteiger partial charge in [-0.25, -0.2) is 13.8 Å². The van der Waals surface area contributed by atoms with E-state index in [0.29, 0.717) is 24.4 Å². The summed E-state index contributed by atoms with van der Waals surface area (Å²) in [6, 6.07) is 21.4. The van der Waals surface area contributed by atoms with Crippen molar-refractivity contribution in [3.8, 4) is 0 Å². The number of amides is 1. The second-order valence-electron chi connectivity index (χ2n) is 9.19. The number of benzene rings is 3. The minimum atomic E-state index is -3.84. The molecule has 1 fully saturated rings. The van der Waals surface area contributed by atoms with Crippen molar-refractivity contribution in [1.82, 2.24) is 14.3 Å². The molecule has 1 aliphatic rings. The number of para-hydroxylation sites is 1. The first kappa shape index (κ1) is 26.6. The van der Waals surface area contributed by atoms with Crippen molar-refractivity contribution < 1.29 is 13.2 Å². The first-order chi connectivity index (χ1) is 18.3. The lowest BCUT2D eigenvalue weighted by Gasteiger charge is -2.22. The van der Waals surface area contributed by atoms with Gasteiger partial charge in [0.05, 0.1) is 11.1 Å². The molecule has 0 aliphatic carbocycles. The Morgan fingerprint density at radius 1 is 1.11 bits per heavy atom. The van der Waals surface area contributed by atoms with Crippen molar-refractivity contribution in [1.29, 1.82) is 0 Å². The predicted octanol–water partition coefficient (Wildman–Crippen LogP) is 5.72. The zero-order valence-electron chi connectivity index (χ0n) is 20.6. The normalized spacial score (nSPS) is 16.4. The van der Waals surface area contributed by atoms with Gasteiger partial charge in [0.25, 0.3) is 5.91 Å². The SMILES string of the molecule is Cc1c(/C=N\NC(=O)[C@H]2CCCN2S(=O)(=O)c2ccc(Cl)cc2)c2ccccc2n1Cc1ccc(Br)cc1. The highest BCUT2D eigenvalue weighted by atomic mass is 79.9. The van der Waals surface area contributed by atoms with Crippen LogP contribution >= 0.6 is 27.5 Å². The number of rotatable bonds is 7. The fraction of sp³-hybridized carbons (Fsp3) is 0.214. The van der Waals surface area contributed by atoms with E-state index in [1.54, 1.807) is 6.21 Å². The molecular formula is C28H26BrClN4O3S. The van der Waals surface area contributed by atoms with Crippen LogP contribution in [0.4, 0.5) is 0 Å². The van der Waals surface area contributed by atoms with Crippen molar-refractivity contribution in [3.63, 3.8) is 0 Å². The molecule has 4 aromatic rings. The quantitative estimate of drug-likeness (QED) is 0.214. The summed E-state index contributed by atoms with van der Waals surface area (Å²) >= 11 is 9.39. The summed E-state index contributed by atoms with van der Waals surface area (Å²) in [4.78, 5) is 13.1. The summed E-state index contributed by atoms with van der Waals surface area (Å²) < 4.78 is 30.9. The maximum atomic E-state index is 13.2. The van der Waals surface area contributed by atoms with Gasteiger partial charge in [0.2, 0.25) is 10.0 Å². The van der Waals surface area contributed by atoms with Crippen LogP contribution in [0.5, 0.6) is 0 Å². The third-order valence-electron chi connectivity index (χ3n) is 6.83. The van der Waals surface area contributed by atoms with E-state index in [0.717, 1.165) is 32.2 Å². The number of carbonyl (C=O) groups excluding carboxylic acids is 1. The smallest absolute Gasteiger partial charge is 0.258 e. The second-order valence-corrected chi connectivity index (χ2v) is 12.4. The van der Waals surface area contributed by atoms with E-state index >= 15 is 0 Å². The summed E-state index contributed by atoms with van der Waals surface area (Å²) in [5.41, 5.74) is 6.72. The van der Waals surface area contributed by atoms with Crippen molar-refractivity contribution in [3.05, 3.63) is 99.1 Å². The van der Waals surface area contributed by atoms with Crippen LogP contribution in [-0.4, -0.2) is 42.0 Å². The number of halogens is 2. The average molecular weight is 614 g/mol. The highest BCUT2D eigenvalue weighted by Gasteiger charge is 2.39. The largest absolute Gasteiger partial charge is 0.340 e. The molecule has 1 aromatic heterocycles. The van der Waals surface area contributed by atoms with Crippen molar-refractivity contribution >= 4 is 60.6 Å². The Bertz CT molecular complexity index is 1620. The van der Waals surface area contributed by atoms with Crippen LogP contribution in [0.1, 0.15) is 29.7 Å². The standard InChI is InChI=1S/C28H26BrClN4O3S/c1-19-25(24-5-2-3-6-26(24)33(19)18-20-8-10-21(29)11-9-20)17-31-32-28(35)27-7-4-16-34(27)38(36,37)23-14-12-22(30)13-15-23/h2-3,5-6,8-15,17,27H,4,7,16,18H2,1H3,(H,32,35)/b31-17-/t27-/m1/s1. The molecule has 5 rings (SSSR count). The molecule has 1 atom stereocenters. The van der Waals surface area contributed by atoms with E-state index in [9.17, 15) is 13.2 Å². The van der Waals surface area contributed by atoms with Gasteiger partial charge in [0, 0.05) is 44.7 Å². The third kappa shape index (κ3) is 5.29. The molecule has 2 heterocycles. The van der Waals surface area contributed by atoms with Crippen LogP contribution in [-0.2, 0) is 21.4 Å². The molecule has 3 aromatic carbocycles. The molecule has 0 saturated carbocycles. The molecular weight excluding hydrogens is 588 g/mol. The Morgan fingerprint density at radius 2 is 1.82 bits per heavy atom. The Morgan fingerprint density at radius 3 is 2.55 bits per heavy atom. The Kier molecular flexibility index (Phi) is 7.72. The highest BCUT2D eigenvalue weighted by Crippen LogP contribution is 2.28. The zero-order valence-corrected chi connectivity index (χ0v) is 23.8. The molecule has 38 heavy (non-hydrogen) atoms. The van der Waals surface area contributed by atoms with Crippen molar-refractivity contribution in [2.45, 2.75) is 37.2 Å². The van der Waals surface area contributed by atoms with Crippen LogP contribution in [0.25, 0.3) is 10.9 Å². The minimum Gasteiger partial charge on any atom is -0.340 e. The number of sulfonamides is 1. The number of hydrogen-bond acceptors (Lipinski definition) is 4. The summed E-state index contributed by atoms with van der Waals surface area (Å²) in [5.74, 6) is -0.451. The van der Waals surface area contributed by atoms with Gasteiger partial charge in [-0.05, 0) is 67.8 Å². The summed E-state index contributed by atoms with van der Waals surface area (Å²) in [7, 11) is -3.84. The molecule has 10 heteroatoms. The number of nitrogens with zero attached hydrogens (tertiary/aromatic N) is 3. The molecule has 0 bridgehead atoms. The van der Waals surface area contributed by atoms with Gasteiger partial charge in [-0.1, -0.05) is 57.9 Å². The van der Waals surface area contributed by atoms with E-state index < -0.39 is 22.0 Å². The maximum absolute atomic E-state index is 13.2. The Balaban J connectivity index is 1.36. The average Bonchev–Trinajstić information content (AvgIpc) is 3.51. The van der Waals surface area contributed by atoms with Crippen LogP contribution in [0.15, 0.2) is 87.3 Å². The monoisotopic (exact) mass is 612 g/mol. The Labute approximate surface area is 235 Å². The number of hydrogen-bond donors (Lipinski definition) is 1. The second kappa shape index (κ2) is 11.0. The fourth-order valence-corrected chi connectivity index (χ4v) is 6.91. The van der Waals surface area contributed by atoms with Gasteiger partial charge in [-0.15, -0.1) is 0 Å². The molecule has 196 valence electrons. The summed E-state index contributed by atoms with van der Waals surface area (Å²) in [6.45, 7) is 2.99. The third-order valence-corrected chi connectivity index (χ3v) is 9.53. The molecule has 1 saturated heterocycles. The molecule has 7 nitrogen and oxygen atoms in total.